The van der Waals surface area contributed by atoms with E-state index in [0.29, 0.717) is 0 Å². The SMILES string of the molecule is C=C(C)c1cc2ccccc2n1C(=O)OC(C)(C)C. The maximum Gasteiger partial charge on any atom is 0.419 e. The Morgan fingerprint density at radius 2 is 1.89 bits per heavy atom. The van der Waals surface area contributed by atoms with Crippen LogP contribution in [0.3, 0.4) is 0 Å². The van der Waals surface area contributed by atoms with Crippen molar-refractivity contribution in [3.05, 3.63) is 42.6 Å². The molecule has 0 N–H and O–H groups in total. The zero-order chi connectivity index (χ0) is 14.2. The van der Waals surface area contributed by atoms with Crippen LogP contribution < -0.4 is 0 Å². The van der Waals surface area contributed by atoms with E-state index in [9.17, 15) is 4.79 Å². The Kier molecular flexibility index (Phi) is 3.23. The van der Waals surface area contributed by atoms with Crippen molar-refractivity contribution in [2.24, 2.45) is 0 Å². The highest BCUT2D eigenvalue weighted by molar-refractivity contribution is 5.94. The van der Waals surface area contributed by atoms with E-state index in [1.165, 1.54) is 0 Å². The Bertz CT molecular complexity index is 644. The van der Waals surface area contributed by atoms with Gasteiger partial charge in [0.15, 0.2) is 0 Å². The van der Waals surface area contributed by atoms with E-state index in [-0.39, 0.29) is 6.09 Å². The van der Waals surface area contributed by atoms with E-state index in [0.717, 1.165) is 22.2 Å². The molecule has 0 fully saturated rings. The minimum atomic E-state index is -0.519. The second-order valence-corrected chi connectivity index (χ2v) is 5.68. The molecule has 0 atom stereocenters. The van der Waals surface area contributed by atoms with Crippen LogP contribution in [0.5, 0.6) is 0 Å². The first-order valence-electron chi connectivity index (χ1n) is 6.29. The first-order chi connectivity index (χ1) is 8.79. The quantitative estimate of drug-likeness (QED) is 0.755. The van der Waals surface area contributed by atoms with Crippen LogP contribution in [0.2, 0.25) is 0 Å². The Morgan fingerprint density at radius 3 is 2.47 bits per heavy atom. The topological polar surface area (TPSA) is 31.2 Å². The van der Waals surface area contributed by atoms with Crippen LogP contribution in [0.25, 0.3) is 16.5 Å². The number of nitrogens with zero attached hydrogens (tertiary/aromatic N) is 1. The number of carbonyl (C=O) groups excluding carboxylic acids is 1. The highest BCUT2D eigenvalue weighted by atomic mass is 16.6. The maximum atomic E-state index is 12.4. The lowest BCUT2D eigenvalue weighted by atomic mass is 10.2. The van der Waals surface area contributed by atoms with E-state index in [2.05, 4.69) is 6.58 Å². The van der Waals surface area contributed by atoms with Crippen LogP contribution >= 0.6 is 0 Å². The van der Waals surface area contributed by atoms with Gasteiger partial charge in [-0.05, 0) is 45.4 Å². The normalized spacial score (nSPS) is 11.6. The molecular weight excluding hydrogens is 238 g/mol. The van der Waals surface area contributed by atoms with E-state index < -0.39 is 5.60 Å². The summed E-state index contributed by atoms with van der Waals surface area (Å²) in [7, 11) is 0. The van der Waals surface area contributed by atoms with Gasteiger partial charge >= 0.3 is 6.09 Å². The van der Waals surface area contributed by atoms with Crippen molar-refractivity contribution in [1.29, 1.82) is 0 Å². The van der Waals surface area contributed by atoms with Gasteiger partial charge in [-0.1, -0.05) is 24.8 Å². The molecule has 3 nitrogen and oxygen atoms in total. The van der Waals surface area contributed by atoms with Crippen molar-refractivity contribution < 1.29 is 9.53 Å². The van der Waals surface area contributed by atoms with Crippen LogP contribution in [0.4, 0.5) is 4.79 Å². The molecule has 19 heavy (non-hydrogen) atoms. The molecule has 2 rings (SSSR count). The first kappa shape index (κ1) is 13.4. The number of para-hydroxylation sites is 1. The summed E-state index contributed by atoms with van der Waals surface area (Å²) in [5, 5.41) is 1.01. The van der Waals surface area contributed by atoms with Crippen molar-refractivity contribution in [2.75, 3.05) is 0 Å². The number of allylic oxidation sites excluding steroid dienone is 1. The number of benzene rings is 1. The molecule has 2 aromatic rings. The van der Waals surface area contributed by atoms with E-state index >= 15 is 0 Å². The Hall–Kier alpha value is -2.03. The molecule has 1 aromatic heterocycles. The summed E-state index contributed by atoms with van der Waals surface area (Å²) in [6.07, 6.45) is -0.369. The van der Waals surface area contributed by atoms with E-state index in [4.69, 9.17) is 4.74 Å². The molecule has 0 amide bonds. The number of ether oxygens (including phenoxy) is 1. The lowest BCUT2D eigenvalue weighted by molar-refractivity contribution is 0.0543. The molecule has 0 radical (unpaired) electrons. The second kappa shape index (κ2) is 4.57. The Labute approximate surface area is 113 Å². The van der Waals surface area contributed by atoms with Crippen molar-refractivity contribution in [3.63, 3.8) is 0 Å². The molecule has 100 valence electrons. The number of hydrogen-bond acceptors (Lipinski definition) is 2. The van der Waals surface area contributed by atoms with E-state index in [1.807, 2.05) is 58.0 Å². The van der Waals surface area contributed by atoms with Gasteiger partial charge in [0.1, 0.15) is 5.60 Å². The van der Waals surface area contributed by atoms with Gasteiger partial charge < -0.3 is 4.74 Å². The predicted molar refractivity (Wildman–Crippen MR) is 78.3 cm³/mol. The average Bonchev–Trinajstić information content (AvgIpc) is 2.65. The number of hydrogen-bond donors (Lipinski definition) is 0. The first-order valence-corrected chi connectivity index (χ1v) is 6.29. The molecule has 0 spiro atoms. The van der Waals surface area contributed by atoms with Crippen molar-refractivity contribution in [1.82, 2.24) is 4.57 Å². The van der Waals surface area contributed by atoms with Gasteiger partial charge in [-0.15, -0.1) is 0 Å². The number of fused-ring (bicyclic) bond motifs is 1. The van der Waals surface area contributed by atoms with Gasteiger partial charge in [-0.2, -0.15) is 0 Å². The molecule has 0 unspecified atom stereocenters. The summed E-state index contributed by atoms with van der Waals surface area (Å²) in [5.41, 5.74) is 1.95. The van der Waals surface area contributed by atoms with Crippen LogP contribution in [0.15, 0.2) is 36.9 Å². The molecule has 3 heteroatoms. The third-order valence-corrected chi connectivity index (χ3v) is 2.72. The fourth-order valence-corrected chi connectivity index (χ4v) is 1.97. The number of rotatable bonds is 1. The Morgan fingerprint density at radius 1 is 1.26 bits per heavy atom. The monoisotopic (exact) mass is 257 g/mol. The van der Waals surface area contributed by atoms with E-state index in [1.54, 1.807) is 4.57 Å². The fourth-order valence-electron chi connectivity index (χ4n) is 1.97. The summed E-state index contributed by atoms with van der Waals surface area (Å²) in [6, 6.07) is 9.70. The van der Waals surface area contributed by atoms with Crippen LogP contribution in [-0.2, 0) is 4.74 Å². The highest BCUT2D eigenvalue weighted by Crippen LogP contribution is 2.25. The molecule has 0 bridgehead atoms. The summed E-state index contributed by atoms with van der Waals surface area (Å²) in [4.78, 5) is 12.4. The predicted octanol–water partition coefficient (Wildman–Crippen LogP) is 4.46. The lowest BCUT2D eigenvalue weighted by Gasteiger charge is -2.21. The van der Waals surface area contributed by atoms with Gasteiger partial charge in [-0.3, -0.25) is 0 Å². The fraction of sp³-hybridized carbons (Fsp3) is 0.312. The zero-order valence-electron chi connectivity index (χ0n) is 11.9. The second-order valence-electron chi connectivity index (χ2n) is 5.68. The number of aromatic nitrogens is 1. The minimum Gasteiger partial charge on any atom is -0.443 e. The zero-order valence-corrected chi connectivity index (χ0v) is 11.9. The molecular formula is C16H19NO2. The summed E-state index contributed by atoms with van der Waals surface area (Å²) < 4.78 is 7.05. The van der Waals surface area contributed by atoms with Gasteiger partial charge in [0, 0.05) is 5.39 Å². The van der Waals surface area contributed by atoms with Gasteiger partial charge in [0.05, 0.1) is 11.2 Å². The highest BCUT2D eigenvalue weighted by Gasteiger charge is 2.22. The minimum absolute atomic E-state index is 0.369. The van der Waals surface area contributed by atoms with Crippen LogP contribution in [0, 0.1) is 0 Å². The molecule has 0 saturated carbocycles. The third-order valence-electron chi connectivity index (χ3n) is 2.72. The maximum absolute atomic E-state index is 12.4. The third kappa shape index (κ3) is 2.70. The summed E-state index contributed by atoms with van der Waals surface area (Å²) in [6.45, 7) is 11.4. The Balaban J connectivity index is 2.60. The molecule has 1 aromatic carbocycles. The largest absolute Gasteiger partial charge is 0.443 e. The summed E-state index contributed by atoms with van der Waals surface area (Å²) in [5.74, 6) is 0. The van der Waals surface area contributed by atoms with Crippen molar-refractivity contribution in [3.8, 4) is 0 Å². The van der Waals surface area contributed by atoms with Crippen molar-refractivity contribution >= 4 is 22.6 Å². The van der Waals surface area contributed by atoms with Gasteiger partial charge in [0.25, 0.3) is 0 Å². The average molecular weight is 257 g/mol. The molecule has 0 aliphatic heterocycles. The van der Waals surface area contributed by atoms with Gasteiger partial charge in [-0.25, -0.2) is 9.36 Å². The van der Waals surface area contributed by atoms with Crippen LogP contribution in [-0.4, -0.2) is 16.3 Å². The van der Waals surface area contributed by atoms with Crippen LogP contribution in [0.1, 0.15) is 33.4 Å². The lowest BCUT2D eigenvalue weighted by Crippen LogP contribution is -2.27. The molecule has 0 aliphatic carbocycles. The smallest absolute Gasteiger partial charge is 0.419 e. The van der Waals surface area contributed by atoms with Crippen molar-refractivity contribution in [2.45, 2.75) is 33.3 Å². The van der Waals surface area contributed by atoms with Gasteiger partial charge in [0.2, 0.25) is 0 Å². The summed E-state index contributed by atoms with van der Waals surface area (Å²) >= 11 is 0. The molecule has 1 heterocycles. The standard InChI is InChI=1S/C16H19NO2/c1-11(2)14-10-12-8-6-7-9-13(12)17(14)15(18)19-16(3,4)5/h6-10H,1H2,2-5H3. The number of carbonyl (C=O) groups is 1. The molecule has 0 saturated heterocycles. The molecule has 0 aliphatic rings.